The van der Waals surface area contributed by atoms with Crippen molar-refractivity contribution in [2.45, 2.75) is 39.8 Å². The van der Waals surface area contributed by atoms with Crippen LogP contribution in [-0.2, 0) is 0 Å². The lowest BCUT2D eigenvalue weighted by Crippen LogP contribution is -2.42. The number of carbonyl (C=O) groups excluding carboxylic acids is 2. The zero-order chi connectivity index (χ0) is 19.1. The second kappa shape index (κ2) is 9.30. The van der Waals surface area contributed by atoms with E-state index in [1.54, 1.807) is 36.4 Å². The molecule has 2 aromatic carbocycles. The molecule has 0 fully saturated rings. The Morgan fingerprint density at radius 3 is 1.85 bits per heavy atom. The molecule has 0 aliphatic rings. The molecule has 0 bridgehead atoms. The van der Waals surface area contributed by atoms with Crippen LogP contribution in [0.2, 0.25) is 0 Å². The number of nitrogens with zero attached hydrogens (tertiary/aromatic N) is 1. The van der Waals surface area contributed by atoms with Crippen molar-refractivity contribution in [2.24, 2.45) is 0 Å². The van der Waals surface area contributed by atoms with Crippen molar-refractivity contribution in [2.75, 3.05) is 13.1 Å². The SMILES string of the molecule is CC(C)N(CCNC(=O)c1ccc(C(=O)c2ccccc2)cc1)C(C)C. The van der Waals surface area contributed by atoms with Crippen molar-refractivity contribution in [1.29, 1.82) is 0 Å². The molecule has 2 rings (SSSR count). The molecule has 4 heteroatoms. The highest BCUT2D eigenvalue weighted by Crippen LogP contribution is 2.11. The molecule has 2 aromatic rings. The van der Waals surface area contributed by atoms with Gasteiger partial charge in [-0.25, -0.2) is 0 Å². The highest BCUT2D eigenvalue weighted by atomic mass is 16.1. The summed E-state index contributed by atoms with van der Waals surface area (Å²) in [5, 5.41) is 2.95. The second-order valence-corrected chi connectivity index (χ2v) is 6.95. The van der Waals surface area contributed by atoms with Crippen LogP contribution < -0.4 is 5.32 Å². The fraction of sp³-hybridized carbons (Fsp3) is 0.364. The van der Waals surface area contributed by atoms with Gasteiger partial charge in [-0.1, -0.05) is 42.5 Å². The molecule has 0 saturated heterocycles. The predicted molar refractivity (Wildman–Crippen MR) is 106 cm³/mol. The molecule has 0 atom stereocenters. The van der Waals surface area contributed by atoms with Gasteiger partial charge in [0.1, 0.15) is 0 Å². The van der Waals surface area contributed by atoms with Crippen molar-refractivity contribution in [1.82, 2.24) is 10.2 Å². The Morgan fingerprint density at radius 1 is 0.808 bits per heavy atom. The van der Waals surface area contributed by atoms with Gasteiger partial charge in [0.15, 0.2) is 5.78 Å². The molecule has 1 amide bonds. The van der Waals surface area contributed by atoms with E-state index in [9.17, 15) is 9.59 Å². The maximum atomic E-state index is 12.4. The van der Waals surface area contributed by atoms with Crippen molar-refractivity contribution in [3.05, 3.63) is 71.3 Å². The summed E-state index contributed by atoms with van der Waals surface area (Å²) in [6, 6.07) is 16.8. The zero-order valence-corrected chi connectivity index (χ0v) is 16.0. The van der Waals surface area contributed by atoms with E-state index < -0.39 is 0 Å². The third-order valence-electron chi connectivity index (χ3n) is 4.43. The Hall–Kier alpha value is -2.46. The summed E-state index contributed by atoms with van der Waals surface area (Å²) in [6.07, 6.45) is 0. The summed E-state index contributed by atoms with van der Waals surface area (Å²) in [5.41, 5.74) is 1.79. The van der Waals surface area contributed by atoms with Gasteiger partial charge in [-0.3, -0.25) is 14.5 Å². The molecule has 138 valence electrons. The Morgan fingerprint density at radius 2 is 1.31 bits per heavy atom. The van der Waals surface area contributed by atoms with Crippen LogP contribution in [-0.4, -0.2) is 41.8 Å². The average Bonchev–Trinajstić information content (AvgIpc) is 2.64. The van der Waals surface area contributed by atoms with E-state index in [1.165, 1.54) is 0 Å². The molecule has 4 nitrogen and oxygen atoms in total. The third-order valence-corrected chi connectivity index (χ3v) is 4.43. The van der Waals surface area contributed by atoms with Crippen LogP contribution in [0.4, 0.5) is 0 Å². The van der Waals surface area contributed by atoms with Gasteiger partial charge < -0.3 is 5.32 Å². The van der Waals surface area contributed by atoms with E-state index in [2.05, 4.69) is 37.9 Å². The lowest BCUT2D eigenvalue weighted by molar-refractivity contribution is 0.0938. The summed E-state index contributed by atoms with van der Waals surface area (Å²) < 4.78 is 0. The van der Waals surface area contributed by atoms with Gasteiger partial charge in [0.2, 0.25) is 0 Å². The van der Waals surface area contributed by atoms with Crippen LogP contribution in [0, 0.1) is 0 Å². The van der Waals surface area contributed by atoms with Crippen LogP contribution in [0.5, 0.6) is 0 Å². The van der Waals surface area contributed by atoms with Gasteiger partial charge in [-0.05, 0) is 39.8 Å². The average molecular weight is 352 g/mol. The molecule has 0 spiro atoms. The lowest BCUT2D eigenvalue weighted by atomic mass is 10.0. The van der Waals surface area contributed by atoms with E-state index in [0.717, 1.165) is 6.54 Å². The van der Waals surface area contributed by atoms with Crippen molar-refractivity contribution < 1.29 is 9.59 Å². The molecule has 0 radical (unpaired) electrons. The maximum absolute atomic E-state index is 12.4. The van der Waals surface area contributed by atoms with E-state index >= 15 is 0 Å². The van der Waals surface area contributed by atoms with Crippen LogP contribution in [0.3, 0.4) is 0 Å². The molecular weight excluding hydrogens is 324 g/mol. The largest absolute Gasteiger partial charge is 0.351 e. The molecule has 26 heavy (non-hydrogen) atoms. The van der Waals surface area contributed by atoms with Crippen molar-refractivity contribution in [3.63, 3.8) is 0 Å². The molecule has 0 heterocycles. The molecule has 0 aromatic heterocycles. The van der Waals surface area contributed by atoms with Crippen LogP contribution in [0.25, 0.3) is 0 Å². The molecule has 0 unspecified atom stereocenters. The van der Waals surface area contributed by atoms with Gasteiger partial charge in [-0.2, -0.15) is 0 Å². The first-order valence-electron chi connectivity index (χ1n) is 9.14. The standard InChI is InChI=1S/C22H28N2O2/c1-16(2)24(17(3)4)15-14-23-22(26)20-12-10-19(11-13-20)21(25)18-8-6-5-7-9-18/h5-13,16-17H,14-15H2,1-4H3,(H,23,26). The number of nitrogens with one attached hydrogen (secondary N) is 1. The minimum atomic E-state index is -0.115. The topological polar surface area (TPSA) is 49.4 Å². The fourth-order valence-electron chi connectivity index (χ4n) is 3.04. The lowest BCUT2D eigenvalue weighted by Gasteiger charge is -2.30. The van der Waals surface area contributed by atoms with Crippen LogP contribution in [0.1, 0.15) is 54.0 Å². The summed E-state index contributed by atoms with van der Waals surface area (Å²) in [7, 11) is 0. The quantitative estimate of drug-likeness (QED) is 0.736. The Labute approximate surface area is 156 Å². The first-order chi connectivity index (χ1) is 12.4. The van der Waals surface area contributed by atoms with Crippen LogP contribution >= 0.6 is 0 Å². The minimum Gasteiger partial charge on any atom is -0.351 e. The summed E-state index contributed by atoms with van der Waals surface area (Å²) in [6.45, 7) is 10.0. The normalized spacial score (nSPS) is 11.2. The predicted octanol–water partition coefficient (Wildman–Crippen LogP) is 3.77. The first-order valence-corrected chi connectivity index (χ1v) is 9.14. The van der Waals surface area contributed by atoms with Gasteiger partial charge >= 0.3 is 0 Å². The first kappa shape index (κ1) is 19.9. The van der Waals surface area contributed by atoms with E-state index in [4.69, 9.17) is 0 Å². The van der Waals surface area contributed by atoms with E-state index in [0.29, 0.717) is 35.3 Å². The summed E-state index contributed by atoms with van der Waals surface area (Å²) in [4.78, 5) is 27.0. The van der Waals surface area contributed by atoms with Crippen molar-refractivity contribution >= 4 is 11.7 Å². The number of rotatable bonds is 8. The van der Waals surface area contributed by atoms with E-state index in [-0.39, 0.29) is 11.7 Å². The Balaban J connectivity index is 1.93. The number of hydrogen-bond acceptors (Lipinski definition) is 3. The summed E-state index contributed by atoms with van der Waals surface area (Å²) >= 11 is 0. The maximum Gasteiger partial charge on any atom is 0.251 e. The second-order valence-electron chi connectivity index (χ2n) is 6.95. The third kappa shape index (κ3) is 5.27. The smallest absolute Gasteiger partial charge is 0.251 e. The molecule has 0 saturated carbocycles. The summed E-state index contributed by atoms with van der Waals surface area (Å²) in [5.74, 6) is -0.154. The highest BCUT2D eigenvalue weighted by molar-refractivity contribution is 6.09. The Bertz CT molecular complexity index is 714. The monoisotopic (exact) mass is 352 g/mol. The zero-order valence-electron chi connectivity index (χ0n) is 16.0. The van der Waals surface area contributed by atoms with Gasteiger partial charge in [0.05, 0.1) is 0 Å². The number of carbonyl (C=O) groups is 2. The number of hydrogen-bond donors (Lipinski definition) is 1. The number of ketones is 1. The van der Waals surface area contributed by atoms with Crippen molar-refractivity contribution in [3.8, 4) is 0 Å². The van der Waals surface area contributed by atoms with Gasteiger partial charge in [-0.15, -0.1) is 0 Å². The number of benzene rings is 2. The molecule has 1 N–H and O–H groups in total. The molecular formula is C22H28N2O2. The van der Waals surface area contributed by atoms with Gasteiger partial charge in [0.25, 0.3) is 5.91 Å². The minimum absolute atomic E-state index is 0.0398. The fourth-order valence-corrected chi connectivity index (χ4v) is 3.04. The Kier molecular flexibility index (Phi) is 7.10. The highest BCUT2D eigenvalue weighted by Gasteiger charge is 2.14. The number of amides is 1. The molecule has 0 aliphatic heterocycles. The van der Waals surface area contributed by atoms with Gasteiger partial charge in [0, 0.05) is 41.9 Å². The van der Waals surface area contributed by atoms with Crippen LogP contribution in [0.15, 0.2) is 54.6 Å². The van der Waals surface area contributed by atoms with E-state index in [1.807, 2.05) is 18.2 Å². The molecule has 0 aliphatic carbocycles.